The third-order valence-electron chi connectivity index (χ3n) is 4.94. The van der Waals surface area contributed by atoms with Gasteiger partial charge in [-0.1, -0.05) is 20.8 Å². The molecular formula is C17H34ClN3O. The molecule has 0 bridgehead atoms. The Bertz CT molecular complexity index is 373. The number of nitrogens with zero attached hydrogens (tertiary/aromatic N) is 2. The minimum absolute atomic E-state index is 0. The summed E-state index contributed by atoms with van der Waals surface area (Å²) >= 11 is 0. The number of amides is 1. The highest BCUT2D eigenvalue weighted by atomic mass is 35.5. The standard InChI is InChI=1S/C17H33N3O.ClH/c1-16(2,3)15(21)19-10-11-20(17(4,5)13-19)12-14-6-8-18-9-7-14;/h14,18H,6-13H2,1-5H3;1H. The molecule has 1 amide bonds. The zero-order chi connectivity index (χ0) is 15.7. The van der Waals surface area contributed by atoms with Crippen molar-refractivity contribution in [2.24, 2.45) is 11.3 Å². The molecule has 2 saturated heterocycles. The molecule has 0 spiro atoms. The number of piperazine rings is 1. The fourth-order valence-corrected chi connectivity index (χ4v) is 3.55. The Morgan fingerprint density at radius 1 is 1.18 bits per heavy atom. The van der Waals surface area contributed by atoms with Gasteiger partial charge in [0.25, 0.3) is 0 Å². The van der Waals surface area contributed by atoms with E-state index in [0.717, 1.165) is 38.6 Å². The second kappa shape index (κ2) is 7.50. The number of halogens is 1. The van der Waals surface area contributed by atoms with E-state index in [1.54, 1.807) is 0 Å². The molecule has 0 aromatic heterocycles. The second-order valence-corrected chi connectivity index (χ2v) is 8.43. The summed E-state index contributed by atoms with van der Waals surface area (Å²) in [6, 6.07) is 0. The van der Waals surface area contributed by atoms with E-state index < -0.39 is 0 Å². The van der Waals surface area contributed by atoms with Crippen LogP contribution in [0.15, 0.2) is 0 Å². The fourth-order valence-electron chi connectivity index (χ4n) is 3.55. The summed E-state index contributed by atoms with van der Waals surface area (Å²) in [6.07, 6.45) is 2.58. The van der Waals surface area contributed by atoms with Gasteiger partial charge in [-0.25, -0.2) is 0 Å². The van der Waals surface area contributed by atoms with Gasteiger partial charge in [-0.2, -0.15) is 0 Å². The lowest BCUT2D eigenvalue weighted by Crippen LogP contribution is -2.62. The van der Waals surface area contributed by atoms with Crippen molar-refractivity contribution >= 4 is 18.3 Å². The maximum atomic E-state index is 12.5. The Morgan fingerprint density at radius 2 is 1.77 bits per heavy atom. The number of hydrogen-bond donors (Lipinski definition) is 1. The Morgan fingerprint density at radius 3 is 2.27 bits per heavy atom. The van der Waals surface area contributed by atoms with Gasteiger partial charge in [0.1, 0.15) is 0 Å². The highest BCUT2D eigenvalue weighted by Crippen LogP contribution is 2.27. The normalized spacial score (nSPS) is 24.0. The van der Waals surface area contributed by atoms with Gasteiger partial charge in [0, 0.05) is 37.1 Å². The summed E-state index contributed by atoms with van der Waals surface area (Å²) < 4.78 is 0. The first-order chi connectivity index (χ1) is 9.70. The van der Waals surface area contributed by atoms with Gasteiger partial charge in [0.2, 0.25) is 5.91 Å². The molecule has 130 valence electrons. The van der Waals surface area contributed by atoms with E-state index in [2.05, 4.69) is 29.0 Å². The average Bonchev–Trinajstić information content (AvgIpc) is 2.40. The summed E-state index contributed by atoms with van der Waals surface area (Å²) in [7, 11) is 0. The van der Waals surface area contributed by atoms with Crippen molar-refractivity contribution in [3.63, 3.8) is 0 Å². The van der Waals surface area contributed by atoms with Crippen LogP contribution in [0, 0.1) is 11.3 Å². The molecule has 22 heavy (non-hydrogen) atoms. The van der Waals surface area contributed by atoms with E-state index in [4.69, 9.17) is 0 Å². The molecule has 1 N–H and O–H groups in total. The molecule has 0 aromatic rings. The summed E-state index contributed by atoms with van der Waals surface area (Å²) in [5.74, 6) is 1.10. The van der Waals surface area contributed by atoms with E-state index in [-0.39, 0.29) is 29.3 Å². The molecule has 0 unspecified atom stereocenters. The molecule has 2 aliphatic heterocycles. The van der Waals surface area contributed by atoms with Crippen molar-refractivity contribution in [1.82, 2.24) is 15.1 Å². The van der Waals surface area contributed by atoms with Gasteiger partial charge < -0.3 is 10.2 Å². The van der Waals surface area contributed by atoms with Gasteiger partial charge in [0.15, 0.2) is 0 Å². The van der Waals surface area contributed by atoms with Crippen LogP contribution in [0.4, 0.5) is 0 Å². The number of carbonyl (C=O) groups is 1. The summed E-state index contributed by atoms with van der Waals surface area (Å²) in [5, 5.41) is 3.44. The number of carbonyl (C=O) groups excluding carboxylic acids is 1. The van der Waals surface area contributed by atoms with Gasteiger partial charge in [-0.05, 0) is 45.7 Å². The molecule has 0 aromatic carbocycles. The molecule has 2 aliphatic rings. The smallest absolute Gasteiger partial charge is 0.228 e. The van der Waals surface area contributed by atoms with Crippen LogP contribution >= 0.6 is 12.4 Å². The monoisotopic (exact) mass is 331 g/mol. The van der Waals surface area contributed by atoms with Crippen molar-refractivity contribution < 1.29 is 4.79 Å². The SMILES string of the molecule is CC(C)(C)C(=O)N1CCN(CC2CCNCC2)C(C)(C)C1.Cl. The average molecular weight is 332 g/mol. The summed E-state index contributed by atoms with van der Waals surface area (Å²) in [5.41, 5.74) is -0.183. The number of hydrogen-bond acceptors (Lipinski definition) is 3. The van der Waals surface area contributed by atoms with E-state index >= 15 is 0 Å². The van der Waals surface area contributed by atoms with E-state index in [9.17, 15) is 4.79 Å². The lowest BCUT2D eigenvalue weighted by molar-refractivity contribution is -0.144. The zero-order valence-corrected chi connectivity index (χ0v) is 15.8. The molecule has 0 aliphatic carbocycles. The highest BCUT2D eigenvalue weighted by Gasteiger charge is 2.39. The Hall–Kier alpha value is -0.320. The molecule has 5 heteroatoms. The first kappa shape index (κ1) is 19.7. The first-order valence-corrected chi connectivity index (χ1v) is 8.45. The lowest BCUT2D eigenvalue weighted by Gasteiger charge is -2.49. The number of piperidine rings is 1. The summed E-state index contributed by atoms with van der Waals surface area (Å²) in [4.78, 5) is 17.2. The Kier molecular flexibility index (Phi) is 6.72. The maximum Gasteiger partial charge on any atom is 0.228 e. The maximum absolute atomic E-state index is 12.5. The van der Waals surface area contributed by atoms with Crippen LogP contribution in [0.2, 0.25) is 0 Å². The number of nitrogens with one attached hydrogen (secondary N) is 1. The zero-order valence-electron chi connectivity index (χ0n) is 14.9. The molecule has 0 saturated carbocycles. The van der Waals surface area contributed by atoms with Gasteiger partial charge >= 0.3 is 0 Å². The van der Waals surface area contributed by atoms with Gasteiger partial charge in [-0.3, -0.25) is 9.69 Å². The van der Waals surface area contributed by atoms with E-state index in [1.165, 1.54) is 19.4 Å². The quantitative estimate of drug-likeness (QED) is 0.844. The predicted octanol–water partition coefficient (Wildman–Crippen LogP) is 2.38. The van der Waals surface area contributed by atoms with Crippen LogP contribution in [0.5, 0.6) is 0 Å². The molecule has 2 heterocycles. The Labute approximate surface area is 142 Å². The van der Waals surface area contributed by atoms with Crippen molar-refractivity contribution in [2.75, 3.05) is 39.3 Å². The van der Waals surface area contributed by atoms with Crippen LogP contribution in [0.25, 0.3) is 0 Å². The number of rotatable bonds is 2. The molecule has 2 rings (SSSR count). The first-order valence-electron chi connectivity index (χ1n) is 8.45. The summed E-state index contributed by atoms with van der Waals surface area (Å²) in [6.45, 7) is 16.9. The van der Waals surface area contributed by atoms with Crippen LogP contribution in [-0.2, 0) is 4.79 Å². The minimum Gasteiger partial charge on any atom is -0.339 e. The Balaban J connectivity index is 0.00000242. The molecular weight excluding hydrogens is 298 g/mol. The molecule has 0 radical (unpaired) electrons. The largest absolute Gasteiger partial charge is 0.339 e. The van der Waals surface area contributed by atoms with Crippen LogP contribution in [0.1, 0.15) is 47.5 Å². The molecule has 2 fully saturated rings. The minimum atomic E-state index is -0.271. The van der Waals surface area contributed by atoms with E-state index in [0.29, 0.717) is 0 Å². The van der Waals surface area contributed by atoms with Crippen molar-refractivity contribution in [1.29, 1.82) is 0 Å². The van der Waals surface area contributed by atoms with Crippen LogP contribution in [0.3, 0.4) is 0 Å². The third-order valence-corrected chi connectivity index (χ3v) is 4.94. The molecule has 0 atom stereocenters. The third kappa shape index (κ3) is 4.84. The second-order valence-electron chi connectivity index (χ2n) is 8.43. The van der Waals surface area contributed by atoms with Crippen molar-refractivity contribution in [3.8, 4) is 0 Å². The topological polar surface area (TPSA) is 35.6 Å². The van der Waals surface area contributed by atoms with E-state index in [1.807, 2.05) is 20.8 Å². The highest BCUT2D eigenvalue weighted by molar-refractivity contribution is 5.85. The molecule has 4 nitrogen and oxygen atoms in total. The van der Waals surface area contributed by atoms with Crippen molar-refractivity contribution in [3.05, 3.63) is 0 Å². The fraction of sp³-hybridized carbons (Fsp3) is 0.941. The predicted molar refractivity (Wildman–Crippen MR) is 94.5 cm³/mol. The van der Waals surface area contributed by atoms with Crippen LogP contribution < -0.4 is 5.32 Å². The van der Waals surface area contributed by atoms with Gasteiger partial charge in [0.05, 0.1) is 0 Å². The van der Waals surface area contributed by atoms with Gasteiger partial charge in [-0.15, -0.1) is 12.4 Å². The van der Waals surface area contributed by atoms with Crippen LogP contribution in [-0.4, -0.2) is 60.5 Å². The van der Waals surface area contributed by atoms with Crippen molar-refractivity contribution in [2.45, 2.75) is 53.0 Å². The lowest BCUT2D eigenvalue weighted by atomic mass is 9.90.